The van der Waals surface area contributed by atoms with Gasteiger partial charge < -0.3 is 19.5 Å². The van der Waals surface area contributed by atoms with Crippen LogP contribution < -0.4 is 4.90 Å². The molecule has 2 heterocycles. The van der Waals surface area contributed by atoms with E-state index >= 15 is 0 Å². The normalized spacial score (nSPS) is 13.8. The maximum Gasteiger partial charge on any atom is 0.339 e. The molecule has 1 aliphatic heterocycles. The monoisotopic (exact) mass is 440 g/mol. The van der Waals surface area contributed by atoms with Crippen LogP contribution in [0.4, 0.5) is 5.69 Å². The maximum atomic E-state index is 12.8. The van der Waals surface area contributed by atoms with E-state index in [4.69, 9.17) is 4.74 Å². The highest BCUT2D eigenvalue weighted by molar-refractivity contribution is 5.98. The number of benzene rings is 3. The number of ether oxygens (including phenoxy) is 1. The highest BCUT2D eigenvalue weighted by atomic mass is 16.5. The van der Waals surface area contributed by atoms with E-state index < -0.39 is 5.97 Å². The molecule has 1 fully saturated rings. The zero-order chi connectivity index (χ0) is 22.6. The number of hydrogen-bond donors (Lipinski definition) is 1. The van der Waals surface area contributed by atoms with Crippen molar-refractivity contribution in [3.63, 3.8) is 0 Å². The highest BCUT2D eigenvalue weighted by Gasteiger charge is 2.23. The number of rotatable bonds is 5. The van der Waals surface area contributed by atoms with Crippen LogP contribution in [0.3, 0.4) is 0 Å². The Balaban J connectivity index is 1.22. The van der Waals surface area contributed by atoms with Gasteiger partial charge in [0.15, 0.2) is 6.61 Å². The zero-order valence-electron chi connectivity index (χ0n) is 18.1. The average molecular weight is 441 g/mol. The number of aromatic nitrogens is 2. The molecule has 1 N–H and O–H groups in total. The number of carbonyl (C=O) groups excluding carboxylic acids is 2. The molecule has 7 nitrogen and oxygen atoms in total. The number of hydrogen-bond acceptors (Lipinski definition) is 5. The molecule has 1 aromatic heterocycles. The van der Waals surface area contributed by atoms with Gasteiger partial charge in [0.1, 0.15) is 5.82 Å². The molecule has 3 aromatic carbocycles. The smallest absolute Gasteiger partial charge is 0.339 e. The van der Waals surface area contributed by atoms with Crippen LogP contribution in [0, 0.1) is 0 Å². The largest absolute Gasteiger partial charge is 0.452 e. The fraction of sp³-hybridized carbons (Fsp3) is 0.192. The molecule has 1 saturated heterocycles. The van der Waals surface area contributed by atoms with Crippen LogP contribution in [0.5, 0.6) is 0 Å². The second-order valence-electron chi connectivity index (χ2n) is 7.93. The SMILES string of the molecule is O=C(OCC(=O)N1CCN(c2ccccc2)CC1)c1ccccc1-c1nc2ccccc2[nH]1. The number of para-hydroxylation sites is 3. The Kier molecular flexibility index (Phi) is 5.76. The molecule has 33 heavy (non-hydrogen) atoms. The van der Waals surface area contributed by atoms with E-state index in [0.717, 1.165) is 29.8 Å². The number of aromatic amines is 1. The van der Waals surface area contributed by atoms with Crippen molar-refractivity contribution in [3.8, 4) is 11.4 Å². The summed E-state index contributed by atoms with van der Waals surface area (Å²) in [5, 5.41) is 0. The summed E-state index contributed by atoms with van der Waals surface area (Å²) in [5.74, 6) is -0.133. The van der Waals surface area contributed by atoms with E-state index in [2.05, 4.69) is 27.0 Å². The number of amides is 1. The summed E-state index contributed by atoms with van der Waals surface area (Å²) in [6, 6.07) is 25.0. The van der Waals surface area contributed by atoms with Crippen molar-refractivity contribution < 1.29 is 14.3 Å². The Morgan fingerprint density at radius 2 is 1.55 bits per heavy atom. The van der Waals surface area contributed by atoms with Gasteiger partial charge in [0.05, 0.1) is 16.6 Å². The predicted octanol–water partition coefficient (Wildman–Crippen LogP) is 3.74. The summed E-state index contributed by atoms with van der Waals surface area (Å²) in [7, 11) is 0. The number of imidazole rings is 1. The average Bonchev–Trinajstić information content (AvgIpc) is 3.32. The Morgan fingerprint density at radius 1 is 0.848 bits per heavy atom. The fourth-order valence-corrected chi connectivity index (χ4v) is 4.10. The van der Waals surface area contributed by atoms with Gasteiger partial charge in [-0.05, 0) is 30.3 Å². The lowest BCUT2D eigenvalue weighted by atomic mass is 10.1. The number of anilines is 1. The number of nitrogens with zero attached hydrogens (tertiary/aromatic N) is 3. The molecule has 1 aliphatic rings. The lowest BCUT2D eigenvalue weighted by molar-refractivity contribution is -0.134. The third-order valence-corrected chi connectivity index (χ3v) is 5.87. The van der Waals surface area contributed by atoms with Crippen molar-refractivity contribution >= 4 is 28.6 Å². The van der Waals surface area contributed by atoms with Gasteiger partial charge >= 0.3 is 5.97 Å². The van der Waals surface area contributed by atoms with Crippen LogP contribution in [0.15, 0.2) is 78.9 Å². The molecule has 0 saturated carbocycles. The summed E-state index contributed by atoms with van der Waals surface area (Å²) >= 11 is 0. The first kappa shape index (κ1) is 20.8. The molecule has 0 unspecified atom stereocenters. The zero-order valence-corrected chi connectivity index (χ0v) is 18.1. The number of fused-ring (bicyclic) bond motifs is 1. The molecule has 1 amide bonds. The minimum absolute atomic E-state index is 0.183. The third-order valence-electron chi connectivity index (χ3n) is 5.87. The van der Waals surface area contributed by atoms with E-state index in [-0.39, 0.29) is 12.5 Å². The van der Waals surface area contributed by atoms with E-state index in [1.807, 2.05) is 54.6 Å². The molecule has 7 heteroatoms. The van der Waals surface area contributed by atoms with Gasteiger partial charge in [-0.15, -0.1) is 0 Å². The summed E-state index contributed by atoms with van der Waals surface area (Å²) in [4.78, 5) is 37.3. The standard InChI is InChI=1S/C26H24N4O3/c31-24(30-16-14-29(15-17-30)19-8-2-1-3-9-19)18-33-26(32)21-11-5-4-10-20(21)25-27-22-12-6-7-13-23(22)28-25/h1-13H,14-18H2,(H,27,28). The third kappa shape index (κ3) is 4.43. The molecule has 0 atom stereocenters. The molecule has 0 radical (unpaired) electrons. The highest BCUT2D eigenvalue weighted by Crippen LogP contribution is 2.24. The van der Waals surface area contributed by atoms with Crippen LogP contribution in [0.2, 0.25) is 0 Å². The number of esters is 1. The molecule has 4 aromatic rings. The quantitative estimate of drug-likeness (QED) is 0.479. The molecule has 0 bridgehead atoms. The van der Waals surface area contributed by atoms with Gasteiger partial charge in [-0.1, -0.05) is 48.5 Å². The van der Waals surface area contributed by atoms with Crippen LogP contribution in [-0.2, 0) is 9.53 Å². The van der Waals surface area contributed by atoms with Gasteiger partial charge in [0, 0.05) is 37.4 Å². The number of nitrogens with one attached hydrogen (secondary N) is 1. The summed E-state index contributed by atoms with van der Waals surface area (Å²) in [6.07, 6.45) is 0. The maximum absolute atomic E-state index is 12.8. The number of H-pyrrole nitrogens is 1. The molecule has 5 rings (SSSR count). The van der Waals surface area contributed by atoms with Crippen LogP contribution >= 0.6 is 0 Å². The minimum atomic E-state index is -0.540. The summed E-state index contributed by atoms with van der Waals surface area (Å²) in [6.45, 7) is 2.41. The molecule has 0 spiro atoms. The first-order chi connectivity index (χ1) is 16.2. The van der Waals surface area contributed by atoms with E-state index in [9.17, 15) is 9.59 Å². The minimum Gasteiger partial charge on any atom is -0.452 e. The Morgan fingerprint density at radius 3 is 2.33 bits per heavy atom. The fourth-order valence-electron chi connectivity index (χ4n) is 4.10. The van der Waals surface area contributed by atoms with Crippen molar-refractivity contribution in [3.05, 3.63) is 84.4 Å². The van der Waals surface area contributed by atoms with Crippen LogP contribution in [0.1, 0.15) is 10.4 Å². The topological polar surface area (TPSA) is 78.5 Å². The first-order valence-corrected chi connectivity index (χ1v) is 11.0. The van der Waals surface area contributed by atoms with Crippen LogP contribution in [0.25, 0.3) is 22.4 Å². The Labute approximate surface area is 191 Å². The molecular weight excluding hydrogens is 416 g/mol. The lowest BCUT2D eigenvalue weighted by Crippen LogP contribution is -2.49. The van der Waals surface area contributed by atoms with Crippen LogP contribution in [-0.4, -0.2) is 59.5 Å². The van der Waals surface area contributed by atoms with Crippen molar-refractivity contribution in [1.82, 2.24) is 14.9 Å². The second kappa shape index (κ2) is 9.16. The lowest BCUT2D eigenvalue weighted by Gasteiger charge is -2.36. The number of carbonyl (C=O) groups is 2. The number of piperazine rings is 1. The molecular formula is C26H24N4O3. The van der Waals surface area contributed by atoms with Crippen molar-refractivity contribution in [2.24, 2.45) is 0 Å². The van der Waals surface area contributed by atoms with Gasteiger partial charge in [-0.3, -0.25) is 4.79 Å². The van der Waals surface area contributed by atoms with Crippen molar-refractivity contribution in [1.29, 1.82) is 0 Å². The van der Waals surface area contributed by atoms with Gasteiger partial charge in [-0.2, -0.15) is 0 Å². The first-order valence-electron chi connectivity index (χ1n) is 11.0. The Bertz CT molecular complexity index is 1240. The van der Waals surface area contributed by atoms with Crippen molar-refractivity contribution in [2.75, 3.05) is 37.7 Å². The Hall–Kier alpha value is -4.13. The van der Waals surface area contributed by atoms with Gasteiger partial charge in [0.2, 0.25) is 0 Å². The molecule has 166 valence electrons. The van der Waals surface area contributed by atoms with Gasteiger partial charge in [-0.25, -0.2) is 9.78 Å². The predicted molar refractivity (Wildman–Crippen MR) is 127 cm³/mol. The van der Waals surface area contributed by atoms with Crippen molar-refractivity contribution in [2.45, 2.75) is 0 Å². The summed E-state index contributed by atoms with van der Waals surface area (Å²) in [5.41, 5.74) is 3.88. The van der Waals surface area contributed by atoms with Gasteiger partial charge in [0.25, 0.3) is 5.91 Å². The summed E-state index contributed by atoms with van der Waals surface area (Å²) < 4.78 is 5.41. The second-order valence-corrected chi connectivity index (χ2v) is 7.93. The molecule has 0 aliphatic carbocycles. The van der Waals surface area contributed by atoms with E-state index in [0.29, 0.717) is 30.0 Å². The van der Waals surface area contributed by atoms with E-state index in [1.54, 1.807) is 17.0 Å². The van der Waals surface area contributed by atoms with E-state index in [1.165, 1.54) is 0 Å².